The lowest BCUT2D eigenvalue weighted by atomic mass is 10.0. The summed E-state index contributed by atoms with van der Waals surface area (Å²) in [6.45, 7) is 8.58. The van der Waals surface area contributed by atoms with Gasteiger partial charge in [-0.15, -0.1) is 0 Å². The Balaban J connectivity index is 1.91. The van der Waals surface area contributed by atoms with Gasteiger partial charge in [-0.05, 0) is 17.5 Å². The predicted octanol–water partition coefficient (Wildman–Crippen LogP) is 1.90. The second kappa shape index (κ2) is 10.5. The van der Waals surface area contributed by atoms with Crippen molar-refractivity contribution in [2.24, 2.45) is 5.73 Å². The molecule has 7 heteroatoms. The fourth-order valence-electron chi connectivity index (χ4n) is 2.97. The van der Waals surface area contributed by atoms with E-state index in [1.54, 1.807) is 4.90 Å². The van der Waals surface area contributed by atoms with E-state index in [9.17, 15) is 9.59 Å². The molecule has 0 radical (unpaired) electrons. The Morgan fingerprint density at radius 3 is 2.52 bits per heavy atom. The molecule has 2 rings (SSSR count). The van der Waals surface area contributed by atoms with Crippen LogP contribution in [0.2, 0.25) is 0 Å². The first kappa shape index (κ1) is 20.7. The van der Waals surface area contributed by atoms with Crippen molar-refractivity contribution in [3.63, 3.8) is 0 Å². The van der Waals surface area contributed by atoms with Gasteiger partial charge in [-0.3, -0.25) is 9.69 Å². The number of benzene rings is 1. The van der Waals surface area contributed by atoms with E-state index < -0.39 is 0 Å². The molecular weight excluding hydrogens is 346 g/mol. The topological polar surface area (TPSA) is 93.9 Å². The van der Waals surface area contributed by atoms with E-state index in [2.05, 4.69) is 18.5 Å². The maximum Gasteiger partial charge on any atom is 0.410 e. The van der Waals surface area contributed by atoms with Gasteiger partial charge in [-0.1, -0.05) is 49.6 Å². The summed E-state index contributed by atoms with van der Waals surface area (Å²) >= 11 is 0. The van der Waals surface area contributed by atoms with Crippen molar-refractivity contribution in [1.29, 1.82) is 0 Å². The van der Waals surface area contributed by atoms with Crippen LogP contribution in [0.4, 0.5) is 4.79 Å². The molecule has 1 aliphatic heterocycles. The van der Waals surface area contributed by atoms with Crippen LogP contribution in [0.5, 0.6) is 0 Å². The summed E-state index contributed by atoms with van der Waals surface area (Å²) in [5.41, 5.74) is 8.08. The van der Waals surface area contributed by atoms with Crippen LogP contribution < -0.4 is 11.1 Å². The van der Waals surface area contributed by atoms with Gasteiger partial charge in [0.15, 0.2) is 0 Å². The van der Waals surface area contributed by atoms with Gasteiger partial charge < -0.3 is 20.5 Å². The summed E-state index contributed by atoms with van der Waals surface area (Å²) < 4.78 is 10.1. The van der Waals surface area contributed by atoms with Crippen LogP contribution >= 0.6 is 0 Å². The maximum absolute atomic E-state index is 12.2. The molecule has 0 unspecified atom stereocenters. The average Bonchev–Trinajstić information content (AvgIpc) is 3.07. The summed E-state index contributed by atoms with van der Waals surface area (Å²) in [4.78, 5) is 25.3. The highest BCUT2D eigenvalue weighted by atomic mass is 16.6. The Labute approximate surface area is 159 Å². The van der Waals surface area contributed by atoms with E-state index in [0.29, 0.717) is 19.5 Å². The molecule has 1 saturated heterocycles. The summed E-state index contributed by atoms with van der Waals surface area (Å²) in [5, 5.41) is 3.03. The maximum atomic E-state index is 12.2. The first-order valence-electron chi connectivity index (χ1n) is 8.91. The van der Waals surface area contributed by atoms with Crippen molar-refractivity contribution in [2.45, 2.75) is 25.0 Å². The standard InChI is InChI=1S/C20H27N3O4/c1-3-9-26-19(24)13-22-12-15-5-7-16(8-6-15)18-11-17(21)14-23(18)20(25)27-10-4-2/h3-8,17-18,22H,1-2,9-14,21H2/t17-,18+/m0/s1. The van der Waals surface area contributed by atoms with Crippen LogP contribution in [-0.4, -0.2) is 49.3 Å². The lowest BCUT2D eigenvalue weighted by Gasteiger charge is -2.24. The smallest absolute Gasteiger partial charge is 0.410 e. The number of ether oxygens (including phenoxy) is 2. The second-order valence-electron chi connectivity index (χ2n) is 6.35. The number of carbonyl (C=O) groups excluding carboxylic acids is 2. The Bertz CT molecular complexity index is 660. The number of hydrogen-bond donors (Lipinski definition) is 2. The third-order valence-corrected chi connectivity index (χ3v) is 4.22. The Morgan fingerprint density at radius 2 is 1.85 bits per heavy atom. The molecule has 1 heterocycles. The normalized spacial score (nSPS) is 18.8. The van der Waals surface area contributed by atoms with Crippen LogP contribution in [0.25, 0.3) is 0 Å². The molecule has 1 aromatic carbocycles. The van der Waals surface area contributed by atoms with Crippen molar-refractivity contribution in [2.75, 3.05) is 26.3 Å². The van der Waals surface area contributed by atoms with E-state index >= 15 is 0 Å². The minimum absolute atomic E-state index is 0.0748. The summed E-state index contributed by atoms with van der Waals surface area (Å²) in [6.07, 6.45) is 3.38. The van der Waals surface area contributed by atoms with Gasteiger partial charge in [0.1, 0.15) is 13.2 Å². The molecule has 2 atom stereocenters. The van der Waals surface area contributed by atoms with Crippen LogP contribution in [0, 0.1) is 0 Å². The van der Waals surface area contributed by atoms with E-state index in [4.69, 9.17) is 15.2 Å². The Hall–Kier alpha value is -2.64. The molecule has 0 aliphatic carbocycles. The van der Waals surface area contributed by atoms with Gasteiger partial charge in [0, 0.05) is 19.1 Å². The number of amides is 1. The van der Waals surface area contributed by atoms with Gasteiger partial charge in [0.05, 0.1) is 12.6 Å². The van der Waals surface area contributed by atoms with Gasteiger partial charge >= 0.3 is 12.1 Å². The first-order valence-corrected chi connectivity index (χ1v) is 8.91. The average molecular weight is 373 g/mol. The minimum atomic E-state index is -0.378. The third-order valence-electron chi connectivity index (χ3n) is 4.22. The SMILES string of the molecule is C=CCOC(=O)CNCc1ccc([C@H]2C[C@H](N)CN2C(=O)OCC=C)cc1. The second-order valence-corrected chi connectivity index (χ2v) is 6.35. The predicted molar refractivity (Wildman–Crippen MR) is 103 cm³/mol. The number of nitrogens with zero attached hydrogens (tertiary/aromatic N) is 1. The minimum Gasteiger partial charge on any atom is -0.461 e. The molecule has 1 fully saturated rings. The Morgan fingerprint density at radius 1 is 1.19 bits per heavy atom. The number of rotatable bonds is 9. The fraction of sp³-hybridized carbons (Fsp3) is 0.400. The van der Waals surface area contributed by atoms with Crippen molar-refractivity contribution < 1.29 is 19.1 Å². The van der Waals surface area contributed by atoms with Crippen LogP contribution in [0.15, 0.2) is 49.6 Å². The van der Waals surface area contributed by atoms with E-state index in [0.717, 1.165) is 11.1 Å². The van der Waals surface area contributed by atoms with E-state index in [1.165, 1.54) is 12.2 Å². The number of likely N-dealkylation sites (tertiary alicyclic amines) is 1. The molecule has 1 amide bonds. The van der Waals surface area contributed by atoms with Gasteiger partial charge in [0.2, 0.25) is 0 Å². The molecule has 0 aromatic heterocycles. The molecule has 7 nitrogen and oxygen atoms in total. The summed E-state index contributed by atoms with van der Waals surface area (Å²) in [7, 11) is 0. The van der Waals surface area contributed by atoms with Crippen molar-refractivity contribution in [1.82, 2.24) is 10.2 Å². The molecule has 27 heavy (non-hydrogen) atoms. The lowest BCUT2D eigenvalue weighted by Crippen LogP contribution is -2.33. The first-order chi connectivity index (χ1) is 13.0. The van der Waals surface area contributed by atoms with E-state index in [-0.39, 0.29) is 43.9 Å². The molecule has 3 N–H and O–H groups in total. The van der Waals surface area contributed by atoms with E-state index in [1.807, 2.05) is 24.3 Å². The zero-order valence-corrected chi connectivity index (χ0v) is 15.4. The number of esters is 1. The van der Waals surface area contributed by atoms with Crippen LogP contribution in [0.1, 0.15) is 23.6 Å². The molecular formula is C20H27N3O4. The fourth-order valence-corrected chi connectivity index (χ4v) is 2.97. The molecule has 0 saturated carbocycles. The number of nitrogens with one attached hydrogen (secondary N) is 1. The van der Waals surface area contributed by atoms with Gasteiger partial charge in [-0.25, -0.2) is 4.79 Å². The quantitative estimate of drug-likeness (QED) is 0.507. The third kappa shape index (κ3) is 6.23. The van der Waals surface area contributed by atoms with Crippen LogP contribution in [-0.2, 0) is 20.8 Å². The number of carbonyl (C=O) groups is 2. The van der Waals surface area contributed by atoms with Gasteiger partial charge in [-0.2, -0.15) is 0 Å². The molecule has 1 aliphatic rings. The molecule has 0 bridgehead atoms. The van der Waals surface area contributed by atoms with Gasteiger partial charge in [0.25, 0.3) is 0 Å². The summed E-state index contributed by atoms with van der Waals surface area (Å²) in [5.74, 6) is -0.319. The molecule has 0 spiro atoms. The highest BCUT2D eigenvalue weighted by Gasteiger charge is 2.35. The highest BCUT2D eigenvalue weighted by Crippen LogP contribution is 2.32. The lowest BCUT2D eigenvalue weighted by molar-refractivity contribution is -0.141. The zero-order valence-electron chi connectivity index (χ0n) is 15.4. The largest absolute Gasteiger partial charge is 0.461 e. The highest BCUT2D eigenvalue weighted by molar-refractivity contribution is 5.71. The molecule has 146 valence electrons. The number of nitrogens with two attached hydrogens (primary N) is 1. The monoisotopic (exact) mass is 373 g/mol. The molecule has 1 aromatic rings. The van der Waals surface area contributed by atoms with Crippen molar-refractivity contribution in [3.8, 4) is 0 Å². The van der Waals surface area contributed by atoms with Crippen LogP contribution in [0.3, 0.4) is 0 Å². The summed E-state index contributed by atoms with van der Waals surface area (Å²) in [6, 6.07) is 7.71. The number of hydrogen-bond acceptors (Lipinski definition) is 6. The van der Waals surface area contributed by atoms with Crippen molar-refractivity contribution >= 4 is 12.1 Å². The van der Waals surface area contributed by atoms with Crippen molar-refractivity contribution in [3.05, 3.63) is 60.7 Å². The zero-order chi connectivity index (χ0) is 19.6. The Kier molecular flexibility index (Phi) is 8.03.